The van der Waals surface area contributed by atoms with Gasteiger partial charge in [0.25, 0.3) is 0 Å². The van der Waals surface area contributed by atoms with Gasteiger partial charge in [0.05, 0.1) is 44.5 Å². The first kappa shape index (κ1) is 14.7. The lowest BCUT2D eigenvalue weighted by Crippen LogP contribution is -2.06. The second-order valence-electron chi connectivity index (χ2n) is 3.94. The van der Waals surface area contributed by atoms with Crippen molar-refractivity contribution in [3.05, 3.63) is 30.4 Å². The third-order valence-corrected chi connectivity index (χ3v) is 2.66. The maximum atomic E-state index is 11.5. The van der Waals surface area contributed by atoms with Gasteiger partial charge in [0.2, 0.25) is 5.88 Å². The maximum absolute atomic E-state index is 11.5. The van der Waals surface area contributed by atoms with E-state index >= 15 is 0 Å². The summed E-state index contributed by atoms with van der Waals surface area (Å²) >= 11 is 0. The monoisotopic (exact) mass is 289 g/mol. The van der Waals surface area contributed by atoms with Crippen LogP contribution in [0.25, 0.3) is 11.3 Å². The van der Waals surface area contributed by atoms with E-state index < -0.39 is 5.97 Å². The summed E-state index contributed by atoms with van der Waals surface area (Å²) in [6.07, 6.45) is 4.42. The van der Waals surface area contributed by atoms with Crippen molar-refractivity contribution in [2.24, 2.45) is 0 Å². The third-order valence-electron chi connectivity index (χ3n) is 2.66. The van der Waals surface area contributed by atoms with Gasteiger partial charge < -0.3 is 14.2 Å². The summed E-state index contributed by atoms with van der Waals surface area (Å²) < 4.78 is 15.3. The zero-order chi connectivity index (χ0) is 15.2. The van der Waals surface area contributed by atoms with Crippen molar-refractivity contribution >= 4 is 5.97 Å². The number of hydrogen-bond acceptors (Lipinski definition) is 7. The minimum absolute atomic E-state index is 0.117. The van der Waals surface area contributed by atoms with Gasteiger partial charge in [-0.3, -0.25) is 4.98 Å². The molecule has 0 atom stereocenters. The van der Waals surface area contributed by atoms with Crippen LogP contribution in [-0.2, 0) is 4.74 Å². The highest BCUT2D eigenvalue weighted by molar-refractivity contribution is 5.87. The summed E-state index contributed by atoms with van der Waals surface area (Å²) in [6, 6.07) is 1.66. The molecule has 110 valence electrons. The van der Waals surface area contributed by atoms with Gasteiger partial charge in [0.1, 0.15) is 5.75 Å². The van der Waals surface area contributed by atoms with Gasteiger partial charge in [0.15, 0.2) is 5.69 Å². The average Bonchev–Trinajstić information content (AvgIpc) is 2.54. The quantitative estimate of drug-likeness (QED) is 0.775. The number of carbonyl (C=O) groups is 1. The lowest BCUT2D eigenvalue weighted by Gasteiger charge is -2.10. The molecule has 2 rings (SSSR count). The smallest absolute Gasteiger partial charge is 0.358 e. The summed E-state index contributed by atoms with van der Waals surface area (Å²) in [5.41, 5.74) is 1.19. The topological polar surface area (TPSA) is 83.4 Å². The fourth-order valence-corrected chi connectivity index (χ4v) is 1.71. The summed E-state index contributed by atoms with van der Waals surface area (Å²) in [5, 5.41) is 0. The summed E-state index contributed by atoms with van der Waals surface area (Å²) in [6.45, 7) is 2.38. The van der Waals surface area contributed by atoms with Crippen molar-refractivity contribution < 1.29 is 19.0 Å². The van der Waals surface area contributed by atoms with E-state index in [4.69, 9.17) is 9.47 Å². The first-order valence-corrected chi connectivity index (χ1v) is 6.27. The number of carbonyl (C=O) groups excluding carboxylic acids is 1. The third kappa shape index (κ3) is 3.25. The highest BCUT2D eigenvalue weighted by Crippen LogP contribution is 2.30. The van der Waals surface area contributed by atoms with E-state index in [1.807, 2.05) is 6.92 Å². The molecule has 0 radical (unpaired) electrons. The Labute approximate surface area is 121 Å². The molecule has 0 saturated carbocycles. The first-order chi connectivity index (χ1) is 10.2. The Morgan fingerprint density at radius 3 is 2.71 bits per heavy atom. The molecule has 0 spiro atoms. The Morgan fingerprint density at radius 1 is 1.24 bits per heavy atom. The second-order valence-corrected chi connectivity index (χ2v) is 3.94. The molecule has 2 heterocycles. The number of aromatic nitrogens is 3. The first-order valence-electron chi connectivity index (χ1n) is 6.27. The van der Waals surface area contributed by atoms with Gasteiger partial charge in [-0.05, 0) is 6.92 Å². The SMILES string of the molecule is CCOc1cc(OC)c(-c2cncc(C(=O)OC)n2)cn1. The molecule has 7 heteroatoms. The molecule has 0 aliphatic rings. The van der Waals surface area contributed by atoms with Gasteiger partial charge in [-0.25, -0.2) is 14.8 Å². The molecule has 0 fully saturated rings. The van der Waals surface area contributed by atoms with Gasteiger partial charge in [-0.1, -0.05) is 0 Å². The van der Waals surface area contributed by atoms with Crippen molar-refractivity contribution in [3.8, 4) is 22.9 Å². The number of rotatable bonds is 5. The van der Waals surface area contributed by atoms with Crippen molar-refractivity contribution in [2.75, 3.05) is 20.8 Å². The number of pyridine rings is 1. The molecule has 0 aliphatic heterocycles. The maximum Gasteiger partial charge on any atom is 0.358 e. The van der Waals surface area contributed by atoms with Crippen LogP contribution in [0.1, 0.15) is 17.4 Å². The molecular weight excluding hydrogens is 274 g/mol. The molecule has 0 amide bonds. The van der Waals surface area contributed by atoms with E-state index in [0.29, 0.717) is 29.5 Å². The zero-order valence-corrected chi connectivity index (χ0v) is 12.0. The van der Waals surface area contributed by atoms with Gasteiger partial charge >= 0.3 is 5.97 Å². The summed E-state index contributed by atoms with van der Waals surface area (Å²) in [7, 11) is 2.82. The Kier molecular flexibility index (Phi) is 4.65. The molecule has 0 unspecified atom stereocenters. The molecule has 0 aliphatic carbocycles. The van der Waals surface area contributed by atoms with Crippen LogP contribution in [0.4, 0.5) is 0 Å². The van der Waals surface area contributed by atoms with Crippen LogP contribution in [0, 0.1) is 0 Å². The van der Waals surface area contributed by atoms with Crippen LogP contribution < -0.4 is 9.47 Å². The van der Waals surface area contributed by atoms with E-state index in [9.17, 15) is 4.79 Å². The minimum atomic E-state index is -0.554. The Hall–Kier alpha value is -2.70. The van der Waals surface area contributed by atoms with Crippen molar-refractivity contribution in [1.29, 1.82) is 0 Å². The number of ether oxygens (including phenoxy) is 3. The van der Waals surface area contributed by atoms with Crippen molar-refractivity contribution in [1.82, 2.24) is 15.0 Å². The van der Waals surface area contributed by atoms with Crippen LogP contribution in [0.5, 0.6) is 11.6 Å². The Balaban J connectivity index is 2.43. The molecule has 2 aromatic rings. The lowest BCUT2D eigenvalue weighted by atomic mass is 10.2. The molecule has 0 aromatic carbocycles. The number of nitrogens with zero attached hydrogens (tertiary/aromatic N) is 3. The highest BCUT2D eigenvalue weighted by Gasteiger charge is 2.14. The lowest BCUT2D eigenvalue weighted by molar-refractivity contribution is 0.0593. The molecule has 0 bridgehead atoms. The molecule has 0 saturated heterocycles. The van der Waals surface area contributed by atoms with E-state index in [1.54, 1.807) is 12.3 Å². The zero-order valence-electron chi connectivity index (χ0n) is 12.0. The predicted molar refractivity (Wildman–Crippen MR) is 74.3 cm³/mol. The second kappa shape index (κ2) is 6.65. The van der Waals surface area contributed by atoms with E-state index in [2.05, 4.69) is 19.7 Å². The fraction of sp³-hybridized carbons (Fsp3) is 0.286. The van der Waals surface area contributed by atoms with Gasteiger partial charge in [-0.2, -0.15) is 0 Å². The van der Waals surface area contributed by atoms with Crippen LogP contribution >= 0.6 is 0 Å². The predicted octanol–water partition coefficient (Wildman–Crippen LogP) is 1.73. The van der Waals surface area contributed by atoms with Crippen LogP contribution in [0.15, 0.2) is 24.7 Å². The van der Waals surface area contributed by atoms with E-state index in [0.717, 1.165) is 0 Å². The minimum Gasteiger partial charge on any atom is -0.496 e. The Morgan fingerprint density at radius 2 is 2.05 bits per heavy atom. The standard InChI is InChI=1S/C14H15N3O4/c1-4-21-13-5-12(19-2)9(6-16-13)10-7-15-8-11(17-10)14(18)20-3/h5-8H,4H2,1-3H3. The molecule has 7 nitrogen and oxygen atoms in total. The molecule has 0 N–H and O–H groups in total. The van der Waals surface area contributed by atoms with Gasteiger partial charge in [0, 0.05) is 12.3 Å². The molecule has 21 heavy (non-hydrogen) atoms. The van der Waals surface area contributed by atoms with E-state index in [1.165, 1.54) is 26.6 Å². The summed E-state index contributed by atoms with van der Waals surface area (Å²) in [5.74, 6) is 0.433. The van der Waals surface area contributed by atoms with E-state index in [-0.39, 0.29) is 5.69 Å². The molecule has 2 aromatic heterocycles. The fourth-order valence-electron chi connectivity index (χ4n) is 1.71. The number of hydrogen-bond donors (Lipinski definition) is 0. The van der Waals surface area contributed by atoms with Crippen molar-refractivity contribution in [3.63, 3.8) is 0 Å². The largest absolute Gasteiger partial charge is 0.496 e. The average molecular weight is 289 g/mol. The molecular formula is C14H15N3O4. The highest BCUT2D eigenvalue weighted by atomic mass is 16.5. The normalized spacial score (nSPS) is 10.0. The van der Waals surface area contributed by atoms with Crippen LogP contribution in [0.3, 0.4) is 0 Å². The van der Waals surface area contributed by atoms with Crippen molar-refractivity contribution in [2.45, 2.75) is 6.92 Å². The van der Waals surface area contributed by atoms with Gasteiger partial charge in [-0.15, -0.1) is 0 Å². The number of esters is 1. The van der Waals surface area contributed by atoms with Crippen LogP contribution in [0.2, 0.25) is 0 Å². The van der Waals surface area contributed by atoms with Crippen LogP contribution in [-0.4, -0.2) is 41.7 Å². The summed E-state index contributed by atoms with van der Waals surface area (Å²) in [4.78, 5) is 23.8. The number of methoxy groups -OCH3 is 2. The Bertz CT molecular complexity index is 646.